The maximum atomic E-state index is 12.8. The lowest BCUT2D eigenvalue weighted by Gasteiger charge is -2.18. The van der Waals surface area contributed by atoms with E-state index in [4.69, 9.17) is 14.2 Å². The topological polar surface area (TPSA) is 78.9 Å². The number of allylic oxidation sites excluding steroid dienone is 16. The molecule has 0 aliphatic heterocycles. The quantitative estimate of drug-likeness (QED) is 0.0262. The number of hydrogen-bond donors (Lipinski definition) is 0. The lowest BCUT2D eigenvalue weighted by Crippen LogP contribution is -2.30. The number of carbonyl (C=O) groups excluding carboxylic acids is 3. The second-order valence-corrected chi connectivity index (χ2v) is 18.8. The summed E-state index contributed by atoms with van der Waals surface area (Å²) in [7, 11) is 0. The standard InChI is InChI=1S/C63H106O6/c1-4-7-10-13-16-19-22-25-28-30-31-33-36-38-41-44-47-50-53-56-62(65)68-59-60(69-63(66)57-54-51-48-45-42-39-34-27-24-21-18-15-12-9-6-3)58-67-61(64)55-52-49-46-43-40-37-35-32-29-26-23-20-17-14-11-8-5-2/h16-21,25-29,34-35,37,43,46,60H,4-15,22-24,30-33,36,38-42,44-45,47-59H2,1-3H3/b19-16-,20-17-,21-18-,28-25-,29-26-,34-27-,37-35-,46-43-/t60-/m0/s1. The normalized spacial score (nSPS) is 12.8. The number of carbonyl (C=O) groups is 3. The predicted octanol–water partition coefficient (Wildman–Crippen LogP) is 19.3. The largest absolute Gasteiger partial charge is 0.462 e. The van der Waals surface area contributed by atoms with Gasteiger partial charge in [-0.25, -0.2) is 0 Å². The fourth-order valence-corrected chi connectivity index (χ4v) is 7.67. The van der Waals surface area contributed by atoms with Gasteiger partial charge >= 0.3 is 17.9 Å². The molecule has 0 unspecified atom stereocenters. The van der Waals surface area contributed by atoms with Crippen LogP contribution in [0, 0.1) is 0 Å². The SMILES string of the molecule is CCCCC/C=C\C/C=C\C/C=C\C/C=C\CCCC(=O)OC[C@@H](COC(=O)CCCCCCCCCCC/C=C\C/C=C\CCCCC)OC(=O)CCCCCCC/C=C\C/C=C\CCCCC. The first-order chi connectivity index (χ1) is 34.0. The summed E-state index contributed by atoms with van der Waals surface area (Å²) < 4.78 is 16.8. The van der Waals surface area contributed by atoms with E-state index in [1.165, 1.54) is 122 Å². The van der Waals surface area contributed by atoms with Gasteiger partial charge in [-0.2, -0.15) is 0 Å². The molecule has 6 heteroatoms. The summed E-state index contributed by atoms with van der Waals surface area (Å²) in [6.07, 6.45) is 75.4. The van der Waals surface area contributed by atoms with Crippen LogP contribution in [0.4, 0.5) is 0 Å². The second kappa shape index (κ2) is 56.9. The Kier molecular flexibility index (Phi) is 53.9. The summed E-state index contributed by atoms with van der Waals surface area (Å²) >= 11 is 0. The van der Waals surface area contributed by atoms with Gasteiger partial charge in [-0.15, -0.1) is 0 Å². The monoisotopic (exact) mass is 959 g/mol. The van der Waals surface area contributed by atoms with Crippen molar-refractivity contribution in [1.82, 2.24) is 0 Å². The van der Waals surface area contributed by atoms with Crippen molar-refractivity contribution in [3.63, 3.8) is 0 Å². The van der Waals surface area contributed by atoms with Crippen LogP contribution in [0.3, 0.4) is 0 Å². The van der Waals surface area contributed by atoms with Crippen molar-refractivity contribution in [2.24, 2.45) is 0 Å². The van der Waals surface area contributed by atoms with Crippen molar-refractivity contribution < 1.29 is 28.6 Å². The summed E-state index contributed by atoms with van der Waals surface area (Å²) in [5.41, 5.74) is 0. The first-order valence-corrected chi connectivity index (χ1v) is 28.7. The molecule has 0 aromatic rings. The van der Waals surface area contributed by atoms with Crippen LogP contribution in [0.25, 0.3) is 0 Å². The molecular formula is C63H106O6. The number of rotatable bonds is 51. The minimum absolute atomic E-state index is 0.103. The van der Waals surface area contributed by atoms with E-state index < -0.39 is 6.10 Å². The molecule has 0 heterocycles. The molecule has 0 spiro atoms. The smallest absolute Gasteiger partial charge is 0.306 e. The van der Waals surface area contributed by atoms with Gasteiger partial charge < -0.3 is 14.2 Å². The Labute approximate surface area is 426 Å². The summed E-state index contributed by atoms with van der Waals surface area (Å²) in [5, 5.41) is 0. The van der Waals surface area contributed by atoms with E-state index in [0.717, 1.165) is 96.3 Å². The minimum atomic E-state index is -0.810. The molecule has 0 aromatic carbocycles. The number of hydrogen-bond acceptors (Lipinski definition) is 6. The van der Waals surface area contributed by atoms with Crippen molar-refractivity contribution in [1.29, 1.82) is 0 Å². The third-order valence-electron chi connectivity index (χ3n) is 12.0. The minimum Gasteiger partial charge on any atom is -0.462 e. The Bertz CT molecular complexity index is 1380. The molecule has 0 aliphatic rings. The summed E-state index contributed by atoms with van der Waals surface area (Å²) in [6.45, 7) is 6.50. The fourth-order valence-electron chi connectivity index (χ4n) is 7.67. The Morgan fingerprint density at radius 1 is 0.290 bits per heavy atom. The van der Waals surface area contributed by atoms with Gasteiger partial charge in [0.15, 0.2) is 6.10 Å². The summed E-state index contributed by atoms with van der Waals surface area (Å²) in [6, 6.07) is 0. The Morgan fingerprint density at radius 3 is 0.870 bits per heavy atom. The average molecular weight is 960 g/mol. The van der Waals surface area contributed by atoms with E-state index in [9.17, 15) is 14.4 Å². The van der Waals surface area contributed by atoms with E-state index in [2.05, 4.69) is 118 Å². The Balaban J connectivity index is 4.48. The molecule has 69 heavy (non-hydrogen) atoms. The van der Waals surface area contributed by atoms with E-state index in [1.54, 1.807) is 0 Å². The number of unbranched alkanes of at least 4 members (excludes halogenated alkanes) is 24. The van der Waals surface area contributed by atoms with Crippen molar-refractivity contribution >= 4 is 17.9 Å². The number of esters is 3. The molecule has 0 aromatic heterocycles. The predicted molar refractivity (Wildman–Crippen MR) is 297 cm³/mol. The molecule has 0 radical (unpaired) electrons. The van der Waals surface area contributed by atoms with Crippen molar-refractivity contribution in [3.05, 3.63) is 97.2 Å². The van der Waals surface area contributed by atoms with Gasteiger partial charge in [0, 0.05) is 19.3 Å². The second-order valence-electron chi connectivity index (χ2n) is 18.8. The lowest BCUT2D eigenvalue weighted by molar-refractivity contribution is -0.167. The van der Waals surface area contributed by atoms with Crippen molar-refractivity contribution in [2.75, 3.05) is 13.2 Å². The van der Waals surface area contributed by atoms with E-state index in [1.807, 2.05) is 0 Å². The maximum absolute atomic E-state index is 12.8. The molecule has 1 atom stereocenters. The van der Waals surface area contributed by atoms with Gasteiger partial charge in [0.05, 0.1) is 0 Å². The highest BCUT2D eigenvalue weighted by Gasteiger charge is 2.19. The highest BCUT2D eigenvalue weighted by Crippen LogP contribution is 2.14. The van der Waals surface area contributed by atoms with Crippen LogP contribution >= 0.6 is 0 Å². The van der Waals surface area contributed by atoms with Crippen LogP contribution in [0.5, 0.6) is 0 Å². The molecule has 0 amide bonds. The van der Waals surface area contributed by atoms with E-state index in [0.29, 0.717) is 19.3 Å². The molecule has 0 aliphatic carbocycles. The van der Waals surface area contributed by atoms with Gasteiger partial charge in [-0.3, -0.25) is 14.4 Å². The molecule has 0 saturated carbocycles. The Hall–Kier alpha value is -3.67. The van der Waals surface area contributed by atoms with Gasteiger partial charge in [-0.1, -0.05) is 221 Å². The maximum Gasteiger partial charge on any atom is 0.306 e. The summed E-state index contributed by atoms with van der Waals surface area (Å²) in [5.74, 6) is -0.977. The fraction of sp³-hybridized carbons (Fsp3) is 0.698. The van der Waals surface area contributed by atoms with E-state index in [-0.39, 0.29) is 37.5 Å². The molecule has 6 nitrogen and oxygen atoms in total. The first-order valence-electron chi connectivity index (χ1n) is 28.7. The molecule has 0 fully saturated rings. The highest BCUT2D eigenvalue weighted by molar-refractivity contribution is 5.71. The van der Waals surface area contributed by atoms with Crippen LogP contribution in [0.1, 0.15) is 265 Å². The third kappa shape index (κ3) is 55.1. The van der Waals surface area contributed by atoms with Gasteiger partial charge in [-0.05, 0) is 122 Å². The lowest BCUT2D eigenvalue weighted by atomic mass is 10.1. The van der Waals surface area contributed by atoms with Crippen LogP contribution < -0.4 is 0 Å². The van der Waals surface area contributed by atoms with Crippen LogP contribution in [-0.4, -0.2) is 37.2 Å². The first kappa shape index (κ1) is 65.3. The zero-order valence-corrected chi connectivity index (χ0v) is 45.0. The van der Waals surface area contributed by atoms with Crippen molar-refractivity contribution in [2.45, 2.75) is 271 Å². The third-order valence-corrected chi connectivity index (χ3v) is 12.0. The molecule has 0 saturated heterocycles. The highest BCUT2D eigenvalue weighted by atomic mass is 16.6. The zero-order valence-electron chi connectivity index (χ0n) is 45.0. The molecule has 0 rings (SSSR count). The van der Waals surface area contributed by atoms with Gasteiger partial charge in [0.25, 0.3) is 0 Å². The average Bonchev–Trinajstić information content (AvgIpc) is 3.35. The number of ether oxygens (including phenoxy) is 3. The van der Waals surface area contributed by atoms with Crippen molar-refractivity contribution in [3.8, 4) is 0 Å². The zero-order chi connectivity index (χ0) is 50.0. The molecule has 0 bridgehead atoms. The van der Waals surface area contributed by atoms with E-state index >= 15 is 0 Å². The summed E-state index contributed by atoms with van der Waals surface area (Å²) in [4.78, 5) is 38.1. The van der Waals surface area contributed by atoms with Crippen LogP contribution in [0.2, 0.25) is 0 Å². The van der Waals surface area contributed by atoms with Crippen LogP contribution in [0.15, 0.2) is 97.2 Å². The molecule has 0 N–H and O–H groups in total. The molecular weight excluding hydrogens is 853 g/mol. The molecule has 394 valence electrons. The van der Waals surface area contributed by atoms with Gasteiger partial charge in [0.1, 0.15) is 13.2 Å². The van der Waals surface area contributed by atoms with Crippen LogP contribution in [-0.2, 0) is 28.6 Å². The van der Waals surface area contributed by atoms with Gasteiger partial charge in [0.2, 0.25) is 0 Å². The Morgan fingerprint density at radius 2 is 0.536 bits per heavy atom.